The summed E-state index contributed by atoms with van der Waals surface area (Å²) in [5.41, 5.74) is 0.158. The van der Waals surface area contributed by atoms with Crippen LogP contribution in [0.5, 0.6) is 0 Å². The summed E-state index contributed by atoms with van der Waals surface area (Å²) in [5, 5.41) is 4.07. The summed E-state index contributed by atoms with van der Waals surface area (Å²) in [6.07, 6.45) is 6.35. The zero-order chi connectivity index (χ0) is 11.5. The van der Waals surface area contributed by atoms with Gasteiger partial charge in [0.15, 0.2) is 11.5 Å². The Kier molecular flexibility index (Phi) is 3.13. The molecule has 0 spiro atoms. The van der Waals surface area contributed by atoms with Gasteiger partial charge in [0.25, 0.3) is 0 Å². The van der Waals surface area contributed by atoms with Gasteiger partial charge in [-0.3, -0.25) is 4.98 Å². The highest BCUT2D eigenvalue weighted by Gasteiger charge is 2.09. The van der Waals surface area contributed by atoms with E-state index in [0.29, 0.717) is 5.82 Å². The lowest BCUT2D eigenvalue weighted by molar-refractivity contribution is 0.0593. The number of methoxy groups -OCH3 is 1. The second-order valence-electron chi connectivity index (χ2n) is 2.86. The van der Waals surface area contributed by atoms with Crippen molar-refractivity contribution in [3.63, 3.8) is 0 Å². The quantitative estimate of drug-likeness (QED) is 0.608. The summed E-state index contributed by atoms with van der Waals surface area (Å²) in [4.78, 5) is 19.2. The van der Waals surface area contributed by atoms with Gasteiger partial charge >= 0.3 is 5.97 Å². The van der Waals surface area contributed by atoms with Crippen LogP contribution < -0.4 is 0 Å². The van der Waals surface area contributed by atoms with Crippen molar-refractivity contribution < 1.29 is 9.53 Å². The van der Waals surface area contributed by atoms with Crippen LogP contribution in [-0.2, 0) is 4.74 Å². The van der Waals surface area contributed by atoms with Crippen LogP contribution in [0.25, 0.3) is 5.82 Å². The topological polar surface area (TPSA) is 69.9 Å². The summed E-state index contributed by atoms with van der Waals surface area (Å²) in [6.45, 7) is 0. The van der Waals surface area contributed by atoms with Gasteiger partial charge in [0.05, 0.1) is 29.3 Å². The van der Waals surface area contributed by atoms with Crippen molar-refractivity contribution in [3.8, 4) is 5.82 Å². The van der Waals surface area contributed by atoms with E-state index in [0.717, 1.165) is 3.57 Å². The van der Waals surface area contributed by atoms with Gasteiger partial charge in [-0.15, -0.1) is 0 Å². The van der Waals surface area contributed by atoms with Crippen molar-refractivity contribution >= 4 is 28.6 Å². The van der Waals surface area contributed by atoms with Crippen LogP contribution in [0.1, 0.15) is 10.5 Å². The minimum absolute atomic E-state index is 0.158. The second-order valence-corrected chi connectivity index (χ2v) is 4.10. The van der Waals surface area contributed by atoms with E-state index in [-0.39, 0.29) is 5.69 Å². The van der Waals surface area contributed by atoms with Crippen LogP contribution in [0.4, 0.5) is 0 Å². The first-order valence-corrected chi connectivity index (χ1v) is 5.39. The van der Waals surface area contributed by atoms with Gasteiger partial charge in [-0.25, -0.2) is 14.5 Å². The highest BCUT2D eigenvalue weighted by Crippen LogP contribution is 2.07. The monoisotopic (exact) mass is 330 g/mol. The first kappa shape index (κ1) is 11.0. The molecule has 2 rings (SSSR count). The molecule has 0 unspecified atom stereocenters. The molecule has 0 aliphatic carbocycles. The Bertz CT molecular complexity index is 526. The molecule has 7 heteroatoms. The average Bonchev–Trinajstić information content (AvgIpc) is 2.75. The zero-order valence-electron chi connectivity index (χ0n) is 8.29. The van der Waals surface area contributed by atoms with E-state index in [1.807, 2.05) is 0 Å². The van der Waals surface area contributed by atoms with Crippen molar-refractivity contribution in [3.05, 3.63) is 34.1 Å². The van der Waals surface area contributed by atoms with E-state index >= 15 is 0 Å². The lowest BCUT2D eigenvalue weighted by Gasteiger charge is -2.01. The molecule has 0 atom stereocenters. The van der Waals surface area contributed by atoms with E-state index in [4.69, 9.17) is 0 Å². The van der Waals surface area contributed by atoms with Crippen molar-refractivity contribution in [2.24, 2.45) is 0 Å². The van der Waals surface area contributed by atoms with Crippen LogP contribution in [-0.4, -0.2) is 32.8 Å². The molecular formula is C9H7IN4O2. The van der Waals surface area contributed by atoms with Gasteiger partial charge in [0.1, 0.15) is 0 Å². The van der Waals surface area contributed by atoms with Crippen LogP contribution in [0.15, 0.2) is 24.8 Å². The van der Waals surface area contributed by atoms with Gasteiger partial charge in [-0.05, 0) is 22.6 Å². The Morgan fingerprint density at radius 3 is 2.88 bits per heavy atom. The van der Waals surface area contributed by atoms with Gasteiger partial charge in [0.2, 0.25) is 0 Å². The van der Waals surface area contributed by atoms with Gasteiger partial charge in [0, 0.05) is 6.20 Å². The molecule has 6 nitrogen and oxygen atoms in total. The third kappa shape index (κ3) is 2.18. The summed E-state index contributed by atoms with van der Waals surface area (Å²) in [5.74, 6) is -0.0398. The Hall–Kier alpha value is -1.51. The first-order valence-electron chi connectivity index (χ1n) is 4.31. The minimum Gasteiger partial charge on any atom is -0.464 e. The van der Waals surface area contributed by atoms with E-state index in [1.54, 1.807) is 17.1 Å². The van der Waals surface area contributed by atoms with E-state index in [1.165, 1.54) is 19.5 Å². The molecule has 0 aliphatic heterocycles. The van der Waals surface area contributed by atoms with Crippen LogP contribution in [0, 0.1) is 3.57 Å². The summed E-state index contributed by atoms with van der Waals surface area (Å²) < 4.78 is 7.08. The first-order chi connectivity index (χ1) is 7.70. The number of halogens is 1. The van der Waals surface area contributed by atoms with Crippen molar-refractivity contribution in [1.82, 2.24) is 19.7 Å². The fourth-order valence-corrected chi connectivity index (χ4v) is 1.48. The molecule has 0 bridgehead atoms. The predicted molar refractivity (Wildman–Crippen MR) is 63.2 cm³/mol. The number of carbonyl (C=O) groups is 1. The molecule has 0 N–H and O–H groups in total. The summed E-state index contributed by atoms with van der Waals surface area (Å²) >= 11 is 2.13. The highest BCUT2D eigenvalue weighted by atomic mass is 127. The predicted octanol–water partition coefficient (Wildman–Crippen LogP) is 1.05. The number of aromatic nitrogens is 4. The lowest BCUT2D eigenvalue weighted by atomic mass is 10.4. The Morgan fingerprint density at radius 2 is 2.25 bits per heavy atom. The molecule has 0 fully saturated rings. The Morgan fingerprint density at radius 1 is 1.44 bits per heavy atom. The van der Waals surface area contributed by atoms with Gasteiger partial charge in [-0.1, -0.05) is 0 Å². The third-order valence-corrected chi connectivity index (χ3v) is 2.36. The number of carbonyl (C=O) groups excluding carboxylic acids is 1. The second kappa shape index (κ2) is 4.56. The largest absolute Gasteiger partial charge is 0.464 e. The molecule has 0 radical (unpaired) electrons. The number of nitrogens with zero attached hydrogens (tertiary/aromatic N) is 4. The molecule has 0 aliphatic rings. The van der Waals surface area contributed by atoms with Crippen LogP contribution in [0.2, 0.25) is 0 Å². The fraction of sp³-hybridized carbons (Fsp3) is 0.111. The molecule has 2 aromatic heterocycles. The Labute approximate surface area is 105 Å². The van der Waals surface area contributed by atoms with Gasteiger partial charge < -0.3 is 4.74 Å². The molecule has 2 heterocycles. The molecule has 0 aromatic carbocycles. The van der Waals surface area contributed by atoms with Crippen molar-refractivity contribution in [1.29, 1.82) is 0 Å². The standard InChI is InChI=1S/C9H7IN4O2/c1-16-9(15)7-3-11-4-8(13-7)14-5-6(10)2-12-14/h2-5H,1H3. The van der Waals surface area contributed by atoms with Crippen molar-refractivity contribution in [2.45, 2.75) is 0 Å². The number of rotatable bonds is 2. The number of esters is 1. The number of ether oxygens (including phenoxy) is 1. The summed E-state index contributed by atoms with van der Waals surface area (Å²) in [7, 11) is 1.30. The van der Waals surface area contributed by atoms with Crippen molar-refractivity contribution in [2.75, 3.05) is 7.11 Å². The molecule has 2 aromatic rings. The number of hydrogen-bond donors (Lipinski definition) is 0. The average molecular weight is 330 g/mol. The normalized spacial score (nSPS) is 10.1. The van der Waals surface area contributed by atoms with Crippen LogP contribution >= 0.6 is 22.6 Å². The molecule has 0 amide bonds. The van der Waals surface area contributed by atoms with E-state index in [9.17, 15) is 4.79 Å². The SMILES string of the molecule is COC(=O)c1cncc(-n2cc(I)cn2)n1. The molecule has 0 saturated heterocycles. The van der Waals surface area contributed by atoms with E-state index in [2.05, 4.69) is 42.4 Å². The minimum atomic E-state index is -0.517. The molecule has 82 valence electrons. The maximum atomic E-state index is 11.2. The van der Waals surface area contributed by atoms with Crippen LogP contribution in [0.3, 0.4) is 0 Å². The summed E-state index contributed by atoms with van der Waals surface area (Å²) in [6, 6.07) is 0. The Balaban J connectivity index is 2.39. The zero-order valence-corrected chi connectivity index (χ0v) is 10.5. The molecular weight excluding hydrogens is 323 g/mol. The maximum Gasteiger partial charge on any atom is 0.358 e. The maximum absolute atomic E-state index is 11.2. The molecule has 16 heavy (non-hydrogen) atoms. The smallest absolute Gasteiger partial charge is 0.358 e. The van der Waals surface area contributed by atoms with Gasteiger partial charge in [-0.2, -0.15) is 5.10 Å². The third-order valence-electron chi connectivity index (χ3n) is 1.80. The molecule has 0 saturated carbocycles. The lowest BCUT2D eigenvalue weighted by Crippen LogP contribution is -2.08. The number of hydrogen-bond acceptors (Lipinski definition) is 5. The van der Waals surface area contributed by atoms with E-state index < -0.39 is 5.97 Å². The fourth-order valence-electron chi connectivity index (χ4n) is 1.10. The highest BCUT2D eigenvalue weighted by molar-refractivity contribution is 14.1.